The van der Waals surface area contributed by atoms with Gasteiger partial charge in [0.2, 0.25) is 0 Å². The summed E-state index contributed by atoms with van der Waals surface area (Å²) < 4.78 is 5.98. The number of ether oxygens (including phenoxy) is 1. The lowest BCUT2D eigenvalue weighted by Gasteiger charge is -2.16. The van der Waals surface area contributed by atoms with Crippen LogP contribution in [-0.2, 0) is 4.74 Å². The van der Waals surface area contributed by atoms with Crippen LogP contribution in [0.25, 0.3) is 0 Å². The molecule has 2 heteroatoms. The first kappa shape index (κ1) is 14.7. The predicted molar refractivity (Wildman–Crippen MR) is 72.3 cm³/mol. The van der Waals surface area contributed by atoms with E-state index in [1.165, 1.54) is 44.9 Å². The van der Waals surface area contributed by atoms with Gasteiger partial charge in [0.25, 0.3) is 0 Å². The molecule has 0 heterocycles. The van der Waals surface area contributed by atoms with Gasteiger partial charge < -0.3 is 4.74 Å². The minimum Gasteiger partial charge on any atom is -0.381 e. The molecule has 0 aromatic carbocycles. The van der Waals surface area contributed by atoms with Crippen LogP contribution in [0.5, 0.6) is 0 Å². The molecule has 0 saturated carbocycles. The van der Waals surface area contributed by atoms with E-state index in [2.05, 4.69) is 36.4 Å². The highest BCUT2D eigenvalue weighted by atomic mass is 127. The first-order chi connectivity index (χ1) is 6.72. The summed E-state index contributed by atoms with van der Waals surface area (Å²) in [6.07, 6.45) is 10.1. The number of methoxy groups -OCH3 is 1. The van der Waals surface area contributed by atoms with Crippen molar-refractivity contribution in [3.05, 3.63) is 0 Å². The maximum absolute atomic E-state index is 5.30. The van der Waals surface area contributed by atoms with E-state index in [1.807, 2.05) is 0 Å². The summed E-state index contributed by atoms with van der Waals surface area (Å²) in [4.78, 5) is 0. The summed E-state index contributed by atoms with van der Waals surface area (Å²) in [5.74, 6) is 0. The van der Waals surface area contributed by atoms with Crippen LogP contribution in [0, 0.1) is 0 Å². The maximum atomic E-state index is 5.30. The highest BCUT2D eigenvalue weighted by molar-refractivity contribution is 14.1. The Morgan fingerprint density at radius 1 is 1.07 bits per heavy atom. The Kier molecular flexibility index (Phi) is 10.7. The van der Waals surface area contributed by atoms with E-state index in [0.717, 1.165) is 0 Å². The Bertz CT molecular complexity index is 117. The summed E-state index contributed by atoms with van der Waals surface area (Å²) in [6.45, 7) is 4.43. The van der Waals surface area contributed by atoms with Gasteiger partial charge >= 0.3 is 0 Å². The first-order valence-corrected chi connectivity index (χ1v) is 7.13. The molecule has 0 bridgehead atoms. The molecular weight excluding hydrogens is 287 g/mol. The maximum Gasteiger partial charge on any atom is 0.0660 e. The van der Waals surface area contributed by atoms with Crippen LogP contribution < -0.4 is 0 Å². The Morgan fingerprint density at radius 2 is 1.64 bits per heavy atom. The normalized spacial score (nSPS) is 15.4. The van der Waals surface area contributed by atoms with Crippen molar-refractivity contribution >= 4 is 22.6 Å². The van der Waals surface area contributed by atoms with Crippen LogP contribution in [-0.4, -0.2) is 17.1 Å². The third-order valence-electron chi connectivity index (χ3n) is 2.71. The van der Waals surface area contributed by atoms with E-state index in [0.29, 0.717) is 10.0 Å². The minimum atomic E-state index is 0.409. The SMILES string of the molecule is CCCCCCCC[C@H](I)[C@@H](C)OC. The van der Waals surface area contributed by atoms with E-state index in [9.17, 15) is 0 Å². The summed E-state index contributed by atoms with van der Waals surface area (Å²) in [7, 11) is 1.80. The molecule has 1 nitrogen and oxygen atoms in total. The van der Waals surface area contributed by atoms with E-state index < -0.39 is 0 Å². The van der Waals surface area contributed by atoms with Gasteiger partial charge in [-0.15, -0.1) is 0 Å². The average Bonchev–Trinajstić information content (AvgIpc) is 2.21. The molecule has 0 amide bonds. The van der Waals surface area contributed by atoms with Crippen molar-refractivity contribution in [2.75, 3.05) is 7.11 Å². The topological polar surface area (TPSA) is 9.23 Å². The molecule has 14 heavy (non-hydrogen) atoms. The van der Waals surface area contributed by atoms with Crippen molar-refractivity contribution in [3.8, 4) is 0 Å². The molecule has 0 aromatic rings. The van der Waals surface area contributed by atoms with Gasteiger partial charge in [-0.1, -0.05) is 68.0 Å². The van der Waals surface area contributed by atoms with E-state index in [4.69, 9.17) is 4.74 Å². The molecule has 0 N–H and O–H groups in total. The number of alkyl halides is 1. The second-order valence-corrected chi connectivity index (χ2v) is 5.61. The Labute approximate surface area is 103 Å². The highest BCUT2D eigenvalue weighted by Gasteiger charge is 2.11. The fourth-order valence-electron chi connectivity index (χ4n) is 1.50. The molecule has 0 radical (unpaired) electrons. The van der Waals surface area contributed by atoms with Gasteiger partial charge in [-0.25, -0.2) is 0 Å². The zero-order valence-corrected chi connectivity index (χ0v) is 12.0. The van der Waals surface area contributed by atoms with Crippen molar-refractivity contribution in [2.45, 2.75) is 68.8 Å². The van der Waals surface area contributed by atoms with Gasteiger partial charge in [0.15, 0.2) is 0 Å². The van der Waals surface area contributed by atoms with Crippen LogP contribution >= 0.6 is 22.6 Å². The van der Waals surface area contributed by atoms with Gasteiger partial charge in [0, 0.05) is 11.0 Å². The summed E-state index contributed by atoms with van der Waals surface area (Å²) in [5, 5.41) is 0. The van der Waals surface area contributed by atoms with Crippen LogP contribution in [0.1, 0.15) is 58.8 Å². The molecule has 0 fully saturated rings. The summed E-state index contributed by atoms with van der Waals surface area (Å²) in [6, 6.07) is 0. The van der Waals surface area contributed by atoms with Gasteiger partial charge in [0.05, 0.1) is 6.10 Å². The molecule has 0 saturated heterocycles. The van der Waals surface area contributed by atoms with Crippen LogP contribution in [0.2, 0.25) is 0 Å². The number of halogens is 1. The lowest BCUT2D eigenvalue weighted by Crippen LogP contribution is -2.18. The smallest absolute Gasteiger partial charge is 0.0660 e. The van der Waals surface area contributed by atoms with E-state index in [-0.39, 0.29) is 0 Å². The second-order valence-electron chi connectivity index (χ2n) is 4.01. The Hall–Kier alpha value is 0.690. The van der Waals surface area contributed by atoms with Crippen molar-refractivity contribution in [1.29, 1.82) is 0 Å². The van der Waals surface area contributed by atoms with Crippen molar-refractivity contribution in [2.24, 2.45) is 0 Å². The van der Waals surface area contributed by atoms with Crippen molar-refractivity contribution in [1.82, 2.24) is 0 Å². The van der Waals surface area contributed by atoms with Crippen LogP contribution in [0.3, 0.4) is 0 Å². The van der Waals surface area contributed by atoms with Crippen LogP contribution in [0.4, 0.5) is 0 Å². The lowest BCUT2D eigenvalue weighted by atomic mass is 10.1. The summed E-state index contributed by atoms with van der Waals surface area (Å²) >= 11 is 2.51. The quantitative estimate of drug-likeness (QED) is 0.344. The van der Waals surface area contributed by atoms with Crippen molar-refractivity contribution < 1.29 is 4.74 Å². The second kappa shape index (κ2) is 10.2. The zero-order chi connectivity index (χ0) is 10.8. The van der Waals surface area contributed by atoms with Crippen LogP contribution in [0.15, 0.2) is 0 Å². The molecule has 0 spiro atoms. The lowest BCUT2D eigenvalue weighted by molar-refractivity contribution is 0.117. The molecule has 86 valence electrons. The van der Waals surface area contributed by atoms with Gasteiger partial charge in [0.1, 0.15) is 0 Å². The number of hydrogen-bond donors (Lipinski definition) is 0. The molecule has 0 unspecified atom stereocenters. The highest BCUT2D eigenvalue weighted by Crippen LogP contribution is 2.17. The molecule has 0 rings (SSSR count). The monoisotopic (exact) mass is 312 g/mol. The third-order valence-corrected chi connectivity index (χ3v) is 4.35. The van der Waals surface area contributed by atoms with Gasteiger partial charge in [-0.3, -0.25) is 0 Å². The zero-order valence-electron chi connectivity index (χ0n) is 9.89. The Morgan fingerprint density at radius 3 is 2.21 bits per heavy atom. The van der Waals surface area contributed by atoms with Gasteiger partial charge in [-0.2, -0.15) is 0 Å². The minimum absolute atomic E-state index is 0.409. The number of rotatable bonds is 9. The number of hydrogen-bond acceptors (Lipinski definition) is 1. The summed E-state index contributed by atoms with van der Waals surface area (Å²) in [5.41, 5.74) is 0. The Balaban J connectivity index is 3.18. The molecule has 2 atom stereocenters. The predicted octanol–water partition coefficient (Wildman–Crippen LogP) is 4.58. The fraction of sp³-hybridized carbons (Fsp3) is 1.00. The molecule has 0 aliphatic carbocycles. The van der Waals surface area contributed by atoms with E-state index >= 15 is 0 Å². The average molecular weight is 312 g/mol. The molecule has 0 aliphatic heterocycles. The number of unbranched alkanes of at least 4 members (excludes halogenated alkanes) is 5. The molecule has 0 aromatic heterocycles. The third kappa shape index (κ3) is 8.04. The first-order valence-electron chi connectivity index (χ1n) is 5.89. The fourth-order valence-corrected chi connectivity index (χ4v) is 2.24. The van der Waals surface area contributed by atoms with Crippen molar-refractivity contribution in [3.63, 3.8) is 0 Å². The molecule has 0 aliphatic rings. The van der Waals surface area contributed by atoms with E-state index in [1.54, 1.807) is 7.11 Å². The standard InChI is InChI=1S/C12H25IO/c1-4-5-6-7-8-9-10-12(13)11(2)14-3/h11-12H,4-10H2,1-3H3/t11-,12+/m1/s1. The largest absolute Gasteiger partial charge is 0.381 e. The molecular formula is C12H25IO. The van der Waals surface area contributed by atoms with Gasteiger partial charge in [-0.05, 0) is 13.3 Å².